The fourth-order valence-corrected chi connectivity index (χ4v) is 1.10. The van der Waals surface area contributed by atoms with Gasteiger partial charge in [0.05, 0.1) is 0 Å². The van der Waals surface area contributed by atoms with E-state index in [2.05, 4.69) is 19.2 Å². The highest BCUT2D eigenvalue weighted by molar-refractivity contribution is 4.69. The number of hydrogen-bond donors (Lipinski definition) is 1. The Balaban J connectivity index is 0.000000354. The smallest absolute Gasteiger partial charge is 0.241 e. The predicted molar refractivity (Wildman–Crippen MR) is 47.6 cm³/mol. The summed E-state index contributed by atoms with van der Waals surface area (Å²) < 4.78 is 23.8. The van der Waals surface area contributed by atoms with Gasteiger partial charge in [-0.3, -0.25) is 0 Å². The molecule has 1 nitrogen and oxygen atoms in total. The maximum atomic E-state index is 11.9. The van der Waals surface area contributed by atoms with Crippen molar-refractivity contribution in [3.05, 3.63) is 0 Å². The quantitative estimate of drug-likeness (QED) is 0.652. The molecule has 1 N–H and O–H groups in total. The molecule has 74 valence electrons. The van der Waals surface area contributed by atoms with Crippen molar-refractivity contribution in [2.75, 3.05) is 13.1 Å². The van der Waals surface area contributed by atoms with E-state index < -0.39 is 6.43 Å². The number of hydrogen-bond acceptors (Lipinski definition) is 1. The van der Waals surface area contributed by atoms with Crippen LogP contribution in [0.3, 0.4) is 0 Å². The number of piperidine rings is 1. The topological polar surface area (TPSA) is 12.0 Å². The summed E-state index contributed by atoms with van der Waals surface area (Å²) in [5.74, 6) is -0.341. The Morgan fingerprint density at radius 3 is 1.92 bits per heavy atom. The van der Waals surface area contributed by atoms with Gasteiger partial charge in [-0.15, -0.1) is 0 Å². The summed E-state index contributed by atoms with van der Waals surface area (Å²) in [4.78, 5) is 0. The molecule has 1 rings (SSSR count). The van der Waals surface area contributed by atoms with Gasteiger partial charge in [-0.25, -0.2) is 8.78 Å². The highest BCUT2D eigenvalue weighted by Crippen LogP contribution is 2.19. The third-order valence-corrected chi connectivity index (χ3v) is 1.74. The number of alkyl halides is 2. The minimum Gasteiger partial charge on any atom is -0.317 e. The Bertz CT molecular complexity index is 90.5. The van der Waals surface area contributed by atoms with Crippen molar-refractivity contribution in [1.29, 1.82) is 0 Å². The van der Waals surface area contributed by atoms with Crippen molar-refractivity contribution in [3.8, 4) is 0 Å². The van der Waals surface area contributed by atoms with Crippen molar-refractivity contribution in [3.63, 3.8) is 0 Å². The normalized spacial score (nSPS) is 18.8. The highest BCUT2D eigenvalue weighted by Gasteiger charge is 2.21. The van der Waals surface area contributed by atoms with E-state index in [-0.39, 0.29) is 5.92 Å². The SMILES string of the molecule is CCC.FC(F)C1CCNCC1. The van der Waals surface area contributed by atoms with Crippen LogP contribution in [0.2, 0.25) is 0 Å². The molecule has 0 unspecified atom stereocenters. The van der Waals surface area contributed by atoms with E-state index in [4.69, 9.17) is 0 Å². The number of rotatable bonds is 1. The van der Waals surface area contributed by atoms with Crippen molar-refractivity contribution < 1.29 is 8.78 Å². The first-order chi connectivity index (χ1) is 5.72. The summed E-state index contributed by atoms with van der Waals surface area (Å²) in [6.45, 7) is 5.77. The highest BCUT2D eigenvalue weighted by atomic mass is 19.3. The van der Waals surface area contributed by atoms with E-state index >= 15 is 0 Å². The third-order valence-electron chi connectivity index (χ3n) is 1.74. The summed E-state index contributed by atoms with van der Waals surface area (Å²) in [5, 5.41) is 3.04. The minimum atomic E-state index is -2.10. The van der Waals surface area contributed by atoms with Gasteiger partial charge in [0.25, 0.3) is 0 Å². The maximum absolute atomic E-state index is 11.9. The zero-order valence-electron chi connectivity index (χ0n) is 7.95. The van der Waals surface area contributed by atoms with E-state index in [1.807, 2.05) is 0 Å². The molecular formula is C9H19F2N. The van der Waals surface area contributed by atoms with E-state index in [1.165, 1.54) is 6.42 Å². The first-order valence-corrected chi connectivity index (χ1v) is 4.71. The molecule has 0 spiro atoms. The van der Waals surface area contributed by atoms with Crippen LogP contribution < -0.4 is 5.32 Å². The van der Waals surface area contributed by atoms with Gasteiger partial charge in [0.1, 0.15) is 0 Å². The second-order valence-corrected chi connectivity index (χ2v) is 3.13. The molecule has 1 fully saturated rings. The van der Waals surface area contributed by atoms with Gasteiger partial charge in [-0.2, -0.15) is 0 Å². The van der Waals surface area contributed by atoms with Crippen molar-refractivity contribution in [1.82, 2.24) is 5.32 Å². The molecule has 1 aliphatic heterocycles. The van der Waals surface area contributed by atoms with E-state index in [1.54, 1.807) is 0 Å². The Labute approximate surface area is 73.5 Å². The molecule has 0 bridgehead atoms. The van der Waals surface area contributed by atoms with Gasteiger partial charge in [-0.1, -0.05) is 20.3 Å². The summed E-state index contributed by atoms with van der Waals surface area (Å²) in [5.41, 5.74) is 0. The van der Waals surface area contributed by atoms with Crippen LogP contribution in [0.5, 0.6) is 0 Å². The second kappa shape index (κ2) is 7.47. The largest absolute Gasteiger partial charge is 0.317 e. The monoisotopic (exact) mass is 179 g/mol. The average molecular weight is 179 g/mol. The molecule has 0 amide bonds. The van der Waals surface area contributed by atoms with Crippen LogP contribution in [0, 0.1) is 5.92 Å². The molecule has 0 saturated carbocycles. The van der Waals surface area contributed by atoms with Gasteiger partial charge >= 0.3 is 0 Å². The first-order valence-electron chi connectivity index (χ1n) is 4.71. The lowest BCUT2D eigenvalue weighted by molar-refractivity contribution is 0.0600. The Kier molecular flexibility index (Phi) is 7.36. The van der Waals surface area contributed by atoms with Crippen LogP contribution >= 0.6 is 0 Å². The van der Waals surface area contributed by atoms with Crippen LogP contribution in [0.15, 0.2) is 0 Å². The molecule has 0 atom stereocenters. The molecule has 0 radical (unpaired) electrons. The summed E-state index contributed by atoms with van der Waals surface area (Å²) >= 11 is 0. The molecule has 3 heteroatoms. The van der Waals surface area contributed by atoms with Gasteiger partial charge < -0.3 is 5.32 Å². The summed E-state index contributed by atoms with van der Waals surface area (Å²) in [6.07, 6.45) is 0.419. The van der Waals surface area contributed by atoms with Crippen LogP contribution in [0.4, 0.5) is 8.78 Å². The second-order valence-electron chi connectivity index (χ2n) is 3.13. The fourth-order valence-electron chi connectivity index (χ4n) is 1.10. The standard InChI is InChI=1S/C6H11F2N.C3H8/c7-6(8)5-1-3-9-4-2-5;1-3-2/h5-6,9H,1-4H2;3H2,1-2H3. The Morgan fingerprint density at radius 1 is 1.25 bits per heavy atom. The van der Waals surface area contributed by atoms with Crippen LogP contribution in [-0.2, 0) is 0 Å². The molecule has 0 aliphatic carbocycles. The first kappa shape index (κ1) is 11.8. The lowest BCUT2D eigenvalue weighted by Gasteiger charge is -2.21. The van der Waals surface area contributed by atoms with Crippen LogP contribution in [-0.4, -0.2) is 19.5 Å². The summed E-state index contributed by atoms with van der Waals surface area (Å²) in [7, 11) is 0. The van der Waals surface area contributed by atoms with E-state index in [0.717, 1.165) is 13.1 Å². The summed E-state index contributed by atoms with van der Waals surface area (Å²) in [6, 6.07) is 0. The molecule has 1 aliphatic rings. The molecule has 0 aromatic carbocycles. The molecular weight excluding hydrogens is 160 g/mol. The van der Waals surface area contributed by atoms with Crippen molar-refractivity contribution >= 4 is 0 Å². The van der Waals surface area contributed by atoms with Gasteiger partial charge in [0.2, 0.25) is 6.43 Å². The lowest BCUT2D eigenvalue weighted by Crippen LogP contribution is -2.30. The fraction of sp³-hybridized carbons (Fsp3) is 1.00. The van der Waals surface area contributed by atoms with Crippen molar-refractivity contribution in [2.45, 2.75) is 39.5 Å². The maximum Gasteiger partial charge on any atom is 0.241 e. The molecule has 0 aromatic heterocycles. The minimum absolute atomic E-state index is 0.341. The van der Waals surface area contributed by atoms with Crippen molar-refractivity contribution in [2.24, 2.45) is 5.92 Å². The van der Waals surface area contributed by atoms with Crippen LogP contribution in [0.25, 0.3) is 0 Å². The molecule has 0 aromatic rings. The molecule has 12 heavy (non-hydrogen) atoms. The van der Waals surface area contributed by atoms with E-state index in [9.17, 15) is 8.78 Å². The zero-order chi connectivity index (χ0) is 9.40. The predicted octanol–water partition coefficient (Wildman–Crippen LogP) is 2.67. The number of halogens is 2. The van der Waals surface area contributed by atoms with Gasteiger partial charge in [-0.05, 0) is 25.9 Å². The van der Waals surface area contributed by atoms with Crippen LogP contribution in [0.1, 0.15) is 33.1 Å². The Morgan fingerprint density at radius 2 is 1.67 bits per heavy atom. The number of nitrogens with one attached hydrogen (secondary N) is 1. The molecule has 1 heterocycles. The third kappa shape index (κ3) is 5.47. The Hall–Kier alpha value is -0.180. The average Bonchev–Trinajstić information content (AvgIpc) is 2.07. The zero-order valence-corrected chi connectivity index (χ0v) is 7.95. The van der Waals surface area contributed by atoms with Gasteiger partial charge in [0.15, 0.2) is 0 Å². The van der Waals surface area contributed by atoms with Gasteiger partial charge in [0, 0.05) is 5.92 Å². The lowest BCUT2D eigenvalue weighted by atomic mass is 9.99. The molecule has 1 saturated heterocycles. The van der Waals surface area contributed by atoms with E-state index in [0.29, 0.717) is 12.8 Å².